The van der Waals surface area contributed by atoms with Gasteiger partial charge < -0.3 is 0 Å². The second-order valence-corrected chi connectivity index (χ2v) is 9.43. The van der Waals surface area contributed by atoms with E-state index < -0.39 is 0 Å². The number of thiophene rings is 2. The molecule has 1 nitrogen and oxygen atoms in total. The van der Waals surface area contributed by atoms with Crippen LogP contribution in [0.1, 0.15) is 0 Å². The van der Waals surface area contributed by atoms with E-state index in [1.54, 1.807) is 0 Å². The summed E-state index contributed by atoms with van der Waals surface area (Å²) in [7, 11) is 0. The van der Waals surface area contributed by atoms with Crippen LogP contribution in [0, 0.1) is 0 Å². The fourth-order valence-electron chi connectivity index (χ4n) is 4.03. The van der Waals surface area contributed by atoms with Crippen molar-refractivity contribution in [1.82, 2.24) is 4.98 Å². The zero-order valence-corrected chi connectivity index (χ0v) is 17.7. The van der Waals surface area contributed by atoms with Crippen LogP contribution in [-0.4, -0.2) is 4.98 Å². The zero-order valence-electron chi connectivity index (χ0n) is 16.1. The second-order valence-electron chi connectivity index (χ2n) is 7.26. The monoisotopic (exact) mass is 419 g/mol. The van der Waals surface area contributed by atoms with Gasteiger partial charge in [0, 0.05) is 37.5 Å². The molecule has 0 aliphatic heterocycles. The van der Waals surface area contributed by atoms with Crippen LogP contribution in [-0.2, 0) is 0 Å². The van der Waals surface area contributed by atoms with Gasteiger partial charge in [0.25, 0.3) is 0 Å². The molecule has 3 aromatic carbocycles. The average Bonchev–Trinajstić information content (AvgIpc) is 3.48. The lowest BCUT2D eigenvalue weighted by Gasteiger charge is -2.10. The molecule has 3 aromatic heterocycles. The number of benzene rings is 3. The van der Waals surface area contributed by atoms with Gasteiger partial charge in [-0.3, -0.25) is 4.98 Å². The van der Waals surface area contributed by atoms with E-state index in [9.17, 15) is 0 Å². The average molecular weight is 420 g/mol. The van der Waals surface area contributed by atoms with E-state index in [1.165, 1.54) is 52.2 Å². The summed E-state index contributed by atoms with van der Waals surface area (Å²) in [5.74, 6) is 0. The minimum Gasteiger partial charge on any atom is -0.265 e. The van der Waals surface area contributed by atoms with Crippen molar-refractivity contribution in [1.29, 1.82) is 0 Å². The lowest BCUT2D eigenvalue weighted by molar-refractivity contribution is 1.33. The van der Waals surface area contributed by atoms with Crippen LogP contribution in [0.2, 0.25) is 0 Å². The van der Waals surface area contributed by atoms with E-state index in [0.717, 1.165) is 0 Å². The van der Waals surface area contributed by atoms with E-state index in [0.29, 0.717) is 0 Å². The summed E-state index contributed by atoms with van der Waals surface area (Å²) < 4.78 is 0. The van der Waals surface area contributed by atoms with Crippen LogP contribution >= 0.6 is 22.7 Å². The molecule has 0 amide bonds. The summed E-state index contributed by atoms with van der Waals surface area (Å²) in [4.78, 5) is 9.34. The Morgan fingerprint density at radius 2 is 1.03 bits per heavy atom. The predicted molar refractivity (Wildman–Crippen MR) is 131 cm³/mol. The molecule has 0 saturated heterocycles. The highest BCUT2D eigenvalue weighted by Crippen LogP contribution is 2.44. The highest BCUT2D eigenvalue weighted by molar-refractivity contribution is 7.25. The van der Waals surface area contributed by atoms with Crippen LogP contribution < -0.4 is 0 Å². The first-order chi connectivity index (χ1) is 14.9. The Hall–Kier alpha value is -3.27. The van der Waals surface area contributed by atoms with Crippen molar-refractivity contribution in [3.63, 3.8) is 0 Å². The number of hydrogen-bond acceptors (Lipinski definition) is 3. The van der Waals surface area contributed by atoms with Crippen LogP contribution in [0.15, 0.2) is 103 Å². The second kappa shape index (κ2) is 7.21. The minimum absolute atomic E-state index is 1.22. The van der Waals surface area contributed by atoms with E-state index in [2.05, 4.69) is 96.0 Å². The van der Waals surface area contributed by atoms with Gasteiger partial charge in [0.05, 0.1) is 0 Å². The Kier molecular flexibility index (Phi) is 4.22. The number of nitrogens with zero attached hydrogens (tertiary/aromatic N) is 1. The Morgan fingerprint density at radius 1 is 0.500 bits per heavy atom. The molecule has 0 fully saturated rings. The molecule has 0 spiro atoms. The molecule has 3 heterocycles. The summed E-state index contributed by atoms with van der Waals surface area (Å²) in [6.45, 7) is 0. The standard InChI is InChI=1S/C27H17NS2/c1-3-7-21-19(5-1)17-20-6-2-4-8-22(20)27(21)26-12-11-25(30-26)24-10-9-23(29-24)18-13-15-28-16-14-18/h1-17H. The molecule has 6 rings (SSSR count). The lowest BCUT2D eigenvalue weighted by atomic mass is 9.96. The van der Waals surface area contributed by atoms with Crippen molar-refractivity contribution in [3.8, 4) is 30.6 Å². The Bertz CT molecular complexity index is 1440. The third-order valence-corrected chi connectivity index (χ3v) is 7.87. The van der Waals surface area contributed by atoms with Crippen LogP contribution in [0.5, 0.6) is 0 Å². The van der Waals surface area contributed by atoms with E-state index in [4.69, 9.17) is 0 Å². The van der Waals surface area contributed by atoms with Crippen molar-refractivity contribution < 1.29 is 0 Å². The molecule has 0 aliphatic rings. The van der Waals surface area contributed by atoms with Gasteiger partial charge in [-0.15, -0.1) is 22.7 Å². The third kappa shape index (κ3) is 2.95. The number of hydrogen-bond donors (Lipinski definition) is 0. The van der Waals surface area contributed by atoms with Gasteiger partial charge in [0.15, 0.2) is 0 Å². The van der Waals surface area contributed by atoms with Gasteiger partial charge in [-0.05, 0) is 69.6 Å². The lowest BCUT2D eigenvalue weighted by Crippen LogP contribution is -1.82. The minimum atomic E-state index is 1.22. The van der Waals surface area contributed by atoms with Crippen molar-refractivity contribution in [2.75, 3.05) is 0 Å². The zero-order chi connectivity index (χ0) is 19.9. The number of fused-ring (bicyclic) bond motifs is 2. The first-order valence-corrected chi connectivity index (χ1v) is 11.5. The molecule has 142 valence electrons. The molecule has 0 radical (unpaired) electrons. The van der Waals surface area contributed by atoms with Gasteiger partial charge in [-0.1, -0.05) is 48.5 Å². The van der Waals surface area contributed by atoms with Gasteiger partial charge in [0.1, 0.15) is 0 Å². The van der Waals surface area contributed by atoms with Crippen molar-refractivity contribution in [3.05, 3.63) is 103 Å². The first-order valence-electron chi connectivity index (χ1n) is 9.88. The molecule has 6 aromatic rings. The fourth-order valence-corrected chi connectivity index (χ4v) is 6.21. The van der Waals surface area contributed by atoms with E-state index in [1.807, 2.05) is 35.1 Å². The summed E-state index contributed by atoms with van der Waals surface area (Å²) in [5, 5.41) is 5.20. The topological polar surface area (TPSA) is 12.9 Å². The summed E-state index contributed by atoms with van der Waals surface area (Å²) in [5.41, 5.74) is 2.56. The van der Waals surface area contributed by atoms with Crippen molar-refractivity contribution in [2.45, 2.75) is 0 Å². The highest BCUT2D eigenvalue weighted by atomic mass is 32.1. The maximum absolute atomic E-state index is 4.13. The molecule has 0 bridgehead atoms. The molecular formula is C27H17NS2. The van der Waals surface area contributed by atoms with Crippen LogP contribution in [0.3, 0.4) is 0 Å². The Labute approximate surface area is 182 Å². The van der Waals surface area contributed by atoms with Gasteiger partial charge in [-0.25, -0.2) is 0 Å². The summed E-state index contributed by atoms with van der Waals surface area (Å²) >= 11 is 3.71. The molecule has 0 unspecified atom stereocenters. The van der Waals surface area contributed by atoms with Crippen LogP contribution in [0.4, 0.5) is 0 Å². The summed E-state index contributed by atoms with van der Waals surface area (Å²) in [6.07, 6.45) is 3.70. The van der Waals surface area contributed by atoms with E-state index >= 15 is 0 Å². The molecule has 3 heteroatoms. The molecule has 0 N–H and O–H groups in total. The smallest absolute Gasteiger partial charge is 0.0449 e. The van der Waals surface area contributed by atoms with Crippen LogP contribution in [0.25, 0.3) is 52.2 Å². The molecule has 0 atom stereocenters. The number of rotatable bonds is 3. The van der Waals surface area contributed by atoms with Gasteiger partial charge >= 0.3 is 0 Å². The summed E-state index contributed by atoms with van der Waals surface area (Å²) in [6, 6.07) is 32.8. The molecular weight excluding hydrogens is 402 g/mol. The molecule has 0 aliphatic carbocycles. The number of aromatic nitrogens is 1. The highest BCUT2D eigenvalue weighted by Gasteiger charge is 2.13. The van der Waals surface area contributed by atoms with Crippen molar-refractivity contribution in [2.24, 2.45) is 0 Å². The van der Waals surface area contributed by atoms with Crippen molar-refractivity contribution >= 4 is 44.2 Å². The Balaban J connectivity index is 1.50. The largest absolute Gasteiger partial charge is 0.265 e. The third-order valence-electron chi connectivity index (χ3n) is 5.44. The van der Waals surface area contributed by atoms with Gasteiger partial charge in [0.2, 0.25) is 0 Å². The predicted octanol–water partition coefficient (Wildman–Crippen LogP) is 8.51. The van der Waals surface area contributed by atoms with E-state index in [-0.39, 0.29) is 0 Å². The molecule has 30 heavy (non-hydrogen) atoms. The maximum atomic E-state index is 4.13. The Morgan fingerprint density at radius 3 is 1.70 bits per heavy atom. The quantitative estimate of drug-likeness (QED) is 0.262. The number of pyridine rings is 1. The van der Waals surface area contributed by atoms with Gasteiger partial charge in [-0.2, -0.15) is 0 Å². The fraction of sp³-hybridized carbons (Fsp3) is 0. The maximum Gasteiger partial charge on any atom is 0.0449 e. The normalized spacial score (nSPS) is 11.3. The molecule has 0 saturated carbocycles. The SMILES string of the molecule is c1ccc2c(-c3ccc(-c4ccc(-c5ccncc5)s4)s3)c3ccccc3cc2c1. The first kappa shape index (κ1) is 17.6.